The first-order valence-corrected chi connectivity index (χ1v) is 5.88. The van der Waals surface area contributed by atoms with Crippen LogP contribution >= 0.6 is 0 Å². The molecule has 0 saturated heterocycles. The topological polar surface area (TPSA) is 67.5 Å². The lowest BCUT2D eigenvalue weighted by atomic mass is 10.1. The van der Waals surface area contributed by atoms with E-state index < -0.39 is 10.7 Å². The van der Waals surface area contributed by atoms with E-state index in [-0.39, 0.29) is 11.4 Å². The molecule has 2 aromatic rings. The molecular formula is C14H12FN3O2. The molecule has 0 heterocycles. The molecule has 102 valence electrons. The van der Waals surface area contributed by atoms with Crippen LogP contribution in [0.1, 0.15) is 12.5 Å². The van der Waals surface area contributed by atoms with Gasteiger partial charge in [0.2, 0.25) is 0 Å². The van der Waals surface area contributed by atoms with E-state index in [1.165, 1.54) is 18.2 Å². The molecule has 2 rings (SSSR count). The number of para-hydroxylation sites is 2. The molecule has 0 unspecified atom stereocenters. The molecule has 0 aromatic heterocycles. The third-order valence-corrected chi connectivity index (χ3v) is 2.71. The largest absolute Gasteiger partial charge is 0.294 e. The smallest absolute Gasteiger partial charge is 0.271 e. The highest BCUT2D eigenvalue weighted by atomic mass is 19.1. The van der Waals surface area contributed by atoms with Gasteiger partial charge in [0.1, 0.15) is 11.5 Å². The number of anilines is 1. The Bertz CT molecular complexity index is 671. The lowest BCUT2D eigenvalue weighted by Crippen LogP contribution is -2.03. The molecule has 0 spiro atoms. The zero-order valence-corrected chi connectivity index (χ0v) is 10.7. The second-order valence-corrected chi connectivity index (χ2v) is 4.06. The molecule has 2 aromatic carbocycles. The van der Waals surface area contributed by atoms with Crippen molar-refractivity contribution in [3.05, 3.63) is 70.0 Å². The molecular weight excluding hydrogens is 261 g/mol. The van der Waals surface area contributed by atoms with Crippen LogP contribution in [0, 0.1) is 15.9 Å². The quantitative estimate of drug-likeness (QED) is 0.526. The summed E-state index contributed by atoms with van der Waals surface area (Å²) in [6, 6.07) is 12.3. The maximum absolute atomic E-state index is 13.6. The number of nitrogens with one attached hydrogen (secondary N) is 1. The first-order valence-electron chi connectivity index (χ1n) is 5.88. The molecule has 5 nitrogen and oxygen atoms in total. The maximum Gasteiger partial charge on any atom is 0.294 e. The molecule has 6 heteroatoms. The third-order valence-electron chi connectivity index (χ3n) is 2.71. The van der Waals surface area contributed by atoms with Crippen molar-refractivity contribution in [1.82, 2.24) is 0 Å². The number of benzene rings is 2. The molecule has 0 bridgehead atoms. The molecule has 0 amide bonds. The number of nitrogens with zero attached hydrogens (tertiary/aromatic N) is 2. The average molecular weight is 273 g/mol. The minimum absolute atomic E-state index is 0.0856. The molecule has 0 aliphatic rings. The van der Waals surface area contributed by atoms with Gasteiger partial charge < -0.3 is 0 Å². The Morgan fingerprint density at radius 3 is 2.55 bits per heavy atom. The molecule has 0 aliphatic carbocycles. The van der Waals surface area contributed by atoms with Crippen LogP contribution in [0.5, 0.6) is 0 Å². The van der Waals surface area contributed by atoms with E-state index in [0.29, 0.717) is 11.3 Å². The zero-order valence-electron chi connectivity index (χ0n) is 10.7. The molecule has 0 radical (unpaired) electrons. The number of rotatable bonds is 4. The maximum atomic E-state index is 13.6. The number of hydrogen-bond donors (Lipinski definition) is 1. The third kappa shape index (κ3) is 2.97. The Balaban J connectivity index is 2.26. The van der Waals surface area contributed by atoms with E-state index in [1.54, 1.807) is 37.3 Å². The first-order chi connectivity index (χ1) is 9.59. The van der Waals surface area contributed by atoms with Gasteiger partial charge in [0.25, 0.3) is 5.69 Å². The Labute approximate surface area is 114 Å². The van der Waals surface area contributed by atoms with E-state index in [0.717, 1.165) is 0 Å². The van der Waals surface area contributed by atoms with Crippen molar-refractivity contribution >= 4 is 17.1 Å². The summed E-state index contributed by atoms with van der Waals surface area (Å²) in [5.74, 6) is -0.391. The minimum atomic E-state index is -0.504. The Kier molecular flexibility index (Phi) is 4.05. The van der Waals surface area contributed by atoms with E-state index >= 15 is 0 Å². The van der Waals surface area contributed by atoms with Gasteiger partial charge in [0.05, 0.1) is 10.6 Å². The Morgan fingerprint density at radius 1 is 1.20 bits per heavy atom. The second-order valence-electron chi connectivity index (χ2n) is 4.06. The van der Waals surface area contributed by atoms with Gasteiger partial charge in [-0.2, -0.15) is 5.10 Å². The highest BCUT2D eigenvalue weighted by Gasteiger charge is 2.11. The zero-order chi connectivity index (χ0) is 14.5. The van der Waals surface area contributed by atoms with E-state index in [1.807, 2.05) is 0 Å². The normalized spacial score (nSPS) is 11.2. The van der Waals surface area contributed by atoms with Crippen LogP contribution in [0.2, 0.25) is 0 Å². The predicted molar refractivity (Wildman–Crippen MR) is 75.3 cm³/mol. The van der Waals surface area contributed by atoms with Gasteiger partial charge in [-0.15, -0.1) is 0 Å². The van der Waals surface area contributed by atoms with Gasteiger partial charge in [-0.05, 0) is 19.1 Å². The Morgan fingerprint density at radius 2 is 1.85 bits per heavy atom. The first kappa shape index (κ1) is 13.7. The van der Waals surface area contributed by atoms with Crippen LogP contribution in [-0.4, -0.2) is 10.6 Å². The Hall–Kier alpha value is -2.76. The molecule has 0 fully saturated rings. The van der Waals surface area contributed by atoms with E-state index in [4.69, 9.17) is 0 Å². The van der Waals surface area contributed by atoms with Crippen molar-refractivity contribution in [3.8, 4) is 0 Å². The minimum Gasteiger partial charge on any atom is -0.271 e. The summed E-state index contributed by atoms with van der Waals surface area (Å²) in [5.41, 5.74) is 3.52. The van der Waals surface area contributed by atoms with Crippen molar-refractivity contribution in [2.45, 2.75) is 6.92 Å². The highest BCUT2D eigenvalue weighted by molar-refractivity contribution is 5.99. The molecule has 0 saturated carbocycles. The van der Waals surface area contributed by atoms with Crippen molar-refractivity contribution < 1.29 is 9.31 Å². The van der Waals surface area contributed by atoms with Crippen molar-refractivity contribution in [2.24, 2.45) is 5.10 Å². The number of hydrazone groups is 1. The lowest BCUT2D eigenvalue weighted by molar-refractivity contribution is -0.384. The van der Waals surface area contributed by atoms with Crippen molar-refractivity contribution in [2.75, 3.05) is 5.43 Å². The number of halogens is 1. The standard InChI is InChI=1S/C14H12FN3O2/c1-10(11-6-2-3-7-12(11)15)16-17-13-8-4-5-9-14(13)18(19)20/h2-9,17H,1H3/b16-10-. The fourth-order valence-corrected chi connectivity index (χ4v) is 1.69. The van der Waals surface area contributed by atoms with Crippen LogP contribution in [0.25, 0.3) is 0 Å². The molecule has 0 atom stereocenters. The summed E-state index contributed by atoms with van der Waals surface area (Å²) >= 11 is 0. The summed E-state index contributed by atoms with van der Waals surface area (Å²) in [6.07, 6.45) is 0. The fraction of sp³-hybridized carbons (Fsp3) is 0.0714. The second kappa shape index (κ2) is 5.92. The van der Waals surface area contributed by atoms with Gasteiger partial charge in [-0.3, -0.25) is 15.5 Å². The van der Waals surface area contributed by atoms with Gasteiger partial charge >= 0.3 is 0 Å². The van der Waals surface area contributed by atoms with Crippen LogP contribution in [0.3, 0.4) is 0 Å². The van der Waals surface area contributed by atoms with Crippen LogP contribution in [-0.2, 0) is 0 Å². The summed E-state index contributed by atoms with van der Waals surface area (Å²) in [5, 5.41) is 14.8. The molecule has 0 aliphatic heterocycles. The van der Waals surface area contributed by atoms with Crippen molar-refractivity contribution in [3.63, 3.8) is 0 Å². The van der Waals surface area contributed by atoms with Crippen LogP contribution < -0.4 is 5.43 Å². The van der Waals surface area contributed by atoms with Gasteiger partial charge in [-0.1, -0.05) is 30.3 Å². The van der Waals surface area contributed by atoms with Crippen LogP contribution in [0.15, 0.2) is 53.6 Å². The van der Waals surface area contributed by atoms with Gasteiger partial charge in [-0.25, -0.2) is 4.39 Å². The highest BCUT2D eigenvalue weighted by Crippen LogP contribution is 2.23. The number of nitro groups is 1. The number of hydrogen-bond acceptors (Lipinski definition) is 4. The van der Waals surface area contributed by atoms with Crippen molar-refractivity contribution in [1.29, 1.82) is 0 Å². The molecule has 20 heavy (non-hydrogen) atoms. The lowest BCUT2D eigenvalue weighted by Gasteiger charge is -2.05. The van der Waals surface area contributed by atoms with Gasteiger partial charge in [0, 0.05) is 11.6 Å². The van der Waals surface area contributed by atoms with Crippen LogP contribution in [0.4, 0.5) is 15.8 Å². The summed E-state index contributed by atoms with van der Waals surface area (Å²) in [6.45, 7) is 1.63. The SMILES string of the molecule is C/C(=N/Nc1ccccc1[N+](=O)[O-])c1ccccc1F. The van der Waals surface area contributed by atoms with Gasteiger partial charge in [0.15, 0.2) is 0 Å². The summed E-state index contributed by atoms with van der Waals surface area (Å²) in [4.78, 5) is 10.3. The predicted octanol–water partition coefficient (Wildman–Crippen LogP) is 3.57. The molecule has 1 N–H and O–H groups in total. The summed E-state index contributed by atoms with van der Waals surface area (Å²) in [7, 11) is 0. The fourth-order valence-electron chi connectivity index (χ4n) is 1.69. The number of nitro benzene ring substituents is 1. The van der Waals surface area contributed by atoms with E-state index in [2.05, 4.69) is 10.5 Å². The van der Waals surface area contributed by atoms with E-state index in [9.17, 15) is 14.5 Å². The monoisotopic (exact) mass is 273 g/mol. The average Bonchev–Trinajstić information content (AvgIpc) is 2.45. The summed E-state index contributed by atoms with van der Waals surface area (Å²) < 4.78 is 13.6.